The lowest BCUT2D eigenvalue weighted by Gasteiger charge is -2.25. The molecule has 1 atom stereocenters. The maximum Gasteiger partial charge on any atom is 0.0909 e. The summed E-state index contributed by atoms with van der Waals surface area (Å²) in [4.78, 5) is 0. The van der Waals surface area contributed by atoms with Crippen molar-refractivity contribution in [2.45, 2.75) is 32.8 Å². The summed E-state index contributed by atoms with van der Waals surface area (Å²) in [5.41, 5.74) is 3.04. The first-order valence-electron chi connectivity index (χ1n) is 6.53. The van der Waals surface area contributed by atoms with Crippen LogP contribution in [0.1, 0.15) is 29.2 Å². The average Bonchev–Trinajstić information content (AvgIpc) is 2.32. The molecule has 2 aromatic carbocycles. The van der Waals surface area contributed by atoms with Gasteiger partial charge in [0.2, 0.25) is 0 Å². The van der Waals surface area contributed by atoms with E-state index in [1.807, 2.05) is 26.0 Å². The molecule has 1 N–H and O–H groups in total. The van der Waals surface area contributed by atoms with Gasteiger partial charge in [-0.25, -0.2) is 0 Å². The van der Waals surface area contributed by atoms with Crippen LogP contribution in [0, 0.1) is 13.8 Å². The Bertz CT molecular complexity index is 613. The highest BCUT2D eigenvalue weighted by Gasteiger charge is 2.25. The van der Waals surface area contributed by atoms with Crippen molar-refractivity contribution in [2.75, 3.05) is 0 Å². The first-order valence-corrected chi connectivity index (χ1v) is 7.28. The smallest absolute Gasteiger partial charge is 0.0909 e. The van der Waals surface area contributed by atoms with Crippen molar-refractivity contribution in [3.8, 4) is 0 Å². The number of halogens is 2. The number of aryl methyl sites for hydroxylation is 2. The third kappa shape index (κ3) is 3.54. The zero-order valence-electron chi connectivity index (χ0n) is 11.9. The Morgan fingerprint density at radius 1 is 1.00 bits per heavy atom. The first kappa shape index (κ1) is 15.4. The molecule has 1 nitrogen and oxygen atoms in total. The van der Waals surface area contributed by atoms with Gasteiger partial charge in [-0.3, -0.25) is 0 Å². The van der Waals surface area contributed by atoms with Crippen LogP contribution < -0.4 is 0 Å². The zero-order chi connectivity index (χ0) is 14.9. The third-order valence-electron chi connectivity index (χ3n) is 3.39. The molecule has 20 heavy (non-hydrogen) atoms. The molecule has 0 aliphatic heterocycles. The molecule has 0 spiro atoms. The Morgan fingerprint density at radius 3 is 2.20 bits per heavy atom. The predicted molar refractivity (Wildman–Crippen MR) is 85.7 cm³/mol. The molecular weight excluding hydrogens is 291 g/mol. The fourth-order valence-electron chi connectivity index (χ4n) is 2.44. The fraction of sp³-hybridized carbons (Fsp3) is 0.294. The van der Waals surface area contributed by atoms with Crippen molar-refractivity contribution < 1.29 is 5.11 Å². The lowest BCUT2D eigenvalue weighted by atomic mass is 9.87. The van der Waals surface area contributed by atoms with Gasteiger partial charge >= 0.3 is 0 Å². The van der Waals surface area contributed by atoms with Gasteiger partial charge in [-0.15, -0.1) is 0 Å². The van der Waals surface area contributed by atoms with E-state index in [1.165, 1.54) is 0 Å². The predicted octanol–water partition coefficient (Wildman–Crippen LogP) is 5.06. The summed E-state index contributed by atoms with van der Waals surface area (Å²) in [7, 11) is 0. The van der Waals surface area contributed by atoms with E-state index in [0.29, 0.717) is 16.5 Å². The van der Waals surface area contributed by atoms with E-state index in [0.717, 1.165) is 22.3 Å². The molecule has 2 rings (SSSR count). The Labute approximate surface area is 130 Å². The van der Waals surface area contributed by atoms with Crippen molar-refractivity contribution in [3.05, 3.63) is 68.7 Å². The average molecular weight is 309 g/mol. The van der Waals surface area contributed by atoms with Gasteiger partial charge in [0, 0.05) is 16.5 Å². The molecule has 0 aliphatic carbocycles. The second kappa shape index (κ2) is 5.77. The zero-order valence-corrected chi connectivity index (χ0v) is 13.4. The topological polar surface area (TPSA) is 20.2 Å². The van der Waals surface area contributed by atoms with E-state index in [9.17, 15) is 5.11 Å². The molecular formula is C17H18Cl2O. The molecule has 3 heteroatoms. The summed E-state index contributed by atoms with van der Waals surface area (Å²) in [6.07, 6.45) is 0.426. The summed E-state index contributed by atoms with van der Waals surface area (Å²) in [5, 5.41) is 12.1. The van der Waals surface area contributed by atoms with Crippen LogP contribution in [0.15, 0.2) is 36.4 Å². The number of hydrogen-bond acceptors (Lipinski definition) is 1. The quantitative estimate of drug-likeness (QED) is 0.840. The van der Waals surface area contributed by atoms with Crippen LogP contribution >= 0.6 is 23.2 Å². The van der Waals surface area contributed by atoms with Crippen molar-refractivity contribution >= 4 is 23.2 Å². The molecule has 0 amide bonds. The van der Waals surface area contributed by atoms with E-state index in [2.05, 4.69) is 6.07 Å². The number of hydrogen-bond donors (Lipinski definition) is 1. The van der Waals surface area contributed by atoms with E-state index < -0.39 is 5.60 Å². The number of benzene rings is 2. The Morgan fingerprint density at radius 2 is 1.60 bits per heavy atom. The highest BCUT2D eigenvalue weighted by molar-refractivity contribution is 6.33. The number of rotatable bonds is 3. The van der Waals surface area contributed by atoms with Gasteiger partial charge < -0.3 is 5.11 Å². The summed E-state index contributed by atoms with van der Waals surface area (Å²) in [5.74, 6) is 0. The minimum absolute atomic E-state index is 0.426. The molecule has 0 radical (unpaired) electrons. The second-order valence-corrected chi connectivity index (χ2v) is 6.41. The maximum atomic E-state index is 10.8. The van der Waals surface area contributed by atoms with Gasteiger partial charge in [0.25, 0.3) is 0 Å². The first-order chi connectivity index (χ1) is 9.28. The van der Waals surface area contributed by atoms with Crippen LogP contribution in [-0.2, 0) is 12.0 Å². The lowest BCUT2D eigenvalue weighted by Crippen LogP contribution is -2.24. The molecule has 0 heterocycles. The Balaban J connectivity index is 2.37. The van der Waals surface area contributed by atoms with E-state index in [1.54, 1.807) is 25.1 Å². The third-order valence-corrected chi connectivity index (χ3v) is 3.99. The van der Waals surface area contributed by atoms with Crippen molar-refractivity contribution in [3.63, 3.8) is 0 Å². The summed E-state index contributed by atoms with van der Waals surface area (Å²) < 4.78 is 0. The molecule has 2 aromatic rings. The summed E-state index contributed by atoms with van der Waals surface area (Å²) in [6, 6.07) is 11.4. The highest BCUT2D eigenvalue weighted by atomic mass is 35.5. The minimum atomic E-state index is -0.981. The monoisotopic (exact) mass is 308 g/mol. The van der Waals surface area contributed by atoms with Crippen LogP contribution in [-0.4, -0.2) is 5.11 Å². The standard InChI is InChI=1S/C17H18Cl2O/c1-11-6-12(2)8-14(7-11)17(3,20)10-13-9-15(18)4-5-16(13)19/h4-9,20H,10H2,1-3H3. The molecule has 0 aliphatic rings. The maximum absolute atomic E-state index is 10.8. The van der Waals surface area contributed by atoms with Crippen LogP contribution in [0.2, 0.25) is 10.0 Å². The Kier molecular flexibility index (Phi) is 4.43. The van der Waals surface area contributed by atoms with Crippen molar-refractivity contribution in [1.29, 1.82) is 0 Å². The Hall–Kier alpha value is -1.02. The molecule has 0 aromatic heterocycles. The van der Waals surface area contributed by atoms with E-state index in [-0.39, 0.29) is 0 Å². The van der Waals surface area contributed by atoms with Gasteiger partial charge in [0.15, 0.2) is 0 Å². The summed E-state index contributed by atoms with van der Waals surface area (Å²) >= 11 is 12.2. The van der Waals surface area contributed by atoms with Crippen LogP contribution in [0.5, 0.6) is 0 Å². The highest BCUT2D eigenvalue weighted by Crippen LogP contribution is 2.31. The molecule has 106 valence electrons. The van der Waals surface area contributed by atoms with Gasteiger partial charge in [-0.1, -0.05) is 52.5 Å². The molecule has 0 saturated carbocycles. The van der Waals surface area contributed by atoms with Crippen LogP contribution in [0.3, 0.4) is 0 Å². The van der Waals surface area contributed by atoms with Gasteiger partial charge in [0.1, 0.15) is 0 Å². The SMILES string of the molecule is Cc1cc(C)cc(C(C)(O)Cc2cc(Cl)ccc2Cl)c1. The largest absolute Gasteiger partial charge is 0.385 e. The van der Waals surface area contributed by atoms with Gasteiger partial charge in [-0.2, -0.15) is 0 Å². The van der Waals surface area contributed by atoms with Gasteiger partial charge in [0.05, 0.1) is 5.60 Å². The fourth-order valence-corrected chi connectivity index (χ4v) is 2.82. The number of aliphatic hydroxyl groups is 1. The van der Waals surface area contributed by atoms with Crippen molar-refractivity contribution in [2.24, 2.45) is 0 Å². The summed E-state index contributed by atoms with van der Waals surface area (Å²) in [6.45, 7) is 5.86. The molecule has 1 unspecified atom stereocenters. The second-order valence-electron chi connectivity index (χ2n) is 5.56. The van der Waals surface area contributed by atoms with Gasteiger partial charge in [-0.05, 0) is 50.1 Å². The van der Waals surface area contributed by atoms with Crippen LogP contribution in [0.4, 0.5) is 0 Å². The molecule has 0 fully saturated rings. The minimum Gasteiger partial charge on any atom is -0.385 e. The van der Waals surface area contributed by atoms with Crippen LogP contribution in [0.25, 0.3) is 0 Å². The molecule has 0 saturated heterocycles. The van der Waals surface area contributed by atoms with E-state index in [4.69, 9.17) is 23.2 Å². The lowest BCUT2D eigenvalue weighted by molar-refractivity contribution is 0.0575. The van der Waals surface area contributed by atoms with Crippen molar-refractivity contribution in [1.82, 2.24) is 0 Å². The molecule has 0 bridgehead atoms. The van der Waals surface area contributed by atoms with E-state index >= 15 is 0 Å². The normalized spacial score (nSPS) is 14.1.